The fraction of sp³-hybridized carbons (Fsp3) is 0.391. The van der Waals surface area contributed by atoms with Crippen molar-refractivity contribution in [2.45, 2.75) is 26.4 Å². The minimum absolute atomic E-state index is 0.0435. The smallest absolute Gasteiger partial charge is 0.242 e. The zero-order chi connectivity index (χ0) is 21.1. The highest BCUT2D eigenvalue weighted by atomic mass is 16.5. The molecule has 0 unspecified atom stereocenters. The minimum Gasteiger partial charge on any atom is -0.383 e. The number of aromatic nitrogens is 1. The van der Waals surface area contributed by atoms with E-state index in [-0.39, 0.29) is 18.4 Å². The quantitative estimate of drug-likeness (QED) is 0.518. The molecule has 29 heavy (non-hydrogen) atoms. The Hall–Kier alpha value is -2.86. The summed E-state index contributed by atoms with van der Waals surface area (Å²) in [5, 5.41) is 0. The number of hydrogen-bond donors (Lipinski definition) is 0. The lowest BCUT2D eigenvalue weighted by molar-refractivity contribution is -0.140. The maximum absolute atomic E-state index is 13.0. The maximum Gasteiger partial charge on any atom is 0.242 e. The summed E-state index contributed by atoms with van der Waals surface area (Å²) in [6.07, 6.45) is 4.02. The number of amides is 2. The summed E-state index contributed by atoms with van der Waals surface area (Å²) in [7, 11) is 1.62. The Morgan fingerprint density at radius 3 is 2.52 bits per heavy atom. The molecule has 2 amide bonds. The lowest BCUT2D eigenvalue weighted by Gasteiger charge is -2.27. The minimum atomic E-state index is -0.0989. The van der Waals surface area contributed by atoms with Gasteiger partial charge in [0.05, 0.1) is 13.2 Å². The normalized spacial score (nSPS) is 10.6. The molecule has 0 aliphatic heterocycles. The SMILES string of the molecule is C=CCN(CC(=O)N(CCOC)Cc1cccn1Cc1ccccc1)C(=O)CC. The van der Waals surface area contributed by atoms with Gasteiger partial charge in [0.1, 0.15) is 6.54 Å². The average Bonchev–Trinajstić information content (AvgIpc) is 3.17. The predicted molar refractivity (Wildman–Crippen MR) is 114 cm³/mol. The van der Waals surface area contributed by atoms with Crippen LogP contribution in [0.25, 0.3) is 0 Å². The van der Waals surface area contributed by atoms with E-state index in [2.05, 4.69) is 23.3 Å². The molecule has 2 aromatic rings. The molecule has 0 atom stereocenters. The first-order chi connectivity index (χ1) is 14.1. The Kier molecular flexibility index (Phi) is 9.18. The van der Waals surface area contributed by atoms with E-state index in [0.717, 1.165) is 12.2 Å². The molecule has 0 aliphatic carbocycles. The number of nitrogens with zero attached hydrogens (tertiary/aromatic N) is 3. The Morgan fingerprint density at radius 1 is 1.10 bits per heavy atom. The van der Waals surface area contributed by atoms with Gasteiger partial charge in [-0.1, -0.05) is 43.3 Å². The van der Waals surface area contributed by atoms with E-state index in [1.165, 1.54) is 10.5 Å². The molecule has 156 valence electrons. The van der Waals surface area contributed by atoms with E-state index in [4.69, 9.17) is 4.74 Å². The summed E-state index contributed by atoms with van der Waals surface area (Å²) in [6, 6.07) is 14.2. The highest BCUT2D eigenvalue weighted by Gasteiger charge is 2.20. The Bertz CT molecular complexity index is 786. The van der Waals surface area contributed by atoms with Crippen LogP contribution >= 0.6 is 0 Å². The summed E-state index contributed by atoms with van der Waals surface area (Å²) < 4.78 is 7.33. The van der Waals surface area contributed by atoms with Crippen molar-refractivity contribution in [1.29, 1.82) is 0 Å². The van der Waals surface area contributed by atoms with Crippen molar-refractivity contribution in [2.24, 2.45) is 0 Å². The average molecular weight is 398 g/mol. The second-order valence-electron chi connectivity index (χ2n) is 6.84. The molecule has 6 heteroatoms. The third-order valence-corrected chi connectivity index (χ3v) is 4.72. The topological polar surface area (TPSA) is 54.8 Å². The lowest BCUT2D eigenvalue weighted by Crippen LogP contribution is -2.43. The third kappa shape index (κ3) is 6.91. The van der Waals surface area contributed by atoms with E-state index in [1.54, 1.807) is 25.0 Å². The van der Waals surface area contributed by atoms with Gasteiger partial charge < -0.3 is 19.1 Å². The van der Waals surface area contributed by atoms with Crippen LogP contribution in [0.15, 0.2) is 61.3 Å². The zero-order valence-corrected chi connectivity index (χ0v) is 17.4. The summed E-state index contributed by atoms with van der Waals surface area (Å²) >= 11 is 0. The first-order valence-corrected chi connectivity index (χ1v) is 9.92. The molecule has 1 heterocycles. The van der Waals surface area contributed by atoms with Crippen LogP contribution in [-0.4, -0.2) is 59.5 Å². The van der Waals surface area contributed by atoms with Gasteiger partial charge in [-0.3, -0.25) is 9.59 Å². The Balaban J connectivity index is 2.12. The predicted octanol–water partition coefficient (Wildman–Crippen LogP) is 2.94. The summed E-state index contributed by atoms with van der Waals surface area (Å²) in [5.74, 6) is -0.157. The third-order valence-electron chi connectivity index (χ3n) is 4.72. The van der Waals surface area contributed by atoms with Crippen molar-refractivity contribution in [1.82, 2.24) is 14.4 Å². The number of rotatable bonds is 12. The number of carbonyl (C=O) groups excluding carboxylic acids is 2. The van der Waals surface area contributed by atoms with Crippen molar-refractivity contribution in [2.75, 3.05) is 33.4 Å². The van der Waals surface area contributed by atoms with E-state index < -0.39 is 0 Å². The summed E-state index contributed by atoms with van der Waals surface area (Å²) in [5.41, 5.74) is 2.24. The molecule has 1 aromatic heterocycles. The van der Waals surface area contributed by atoms with E-state index in [0.29, 0.717) is 32.7 Å². The van der Waals surface area contributed by atoms with Gasteiger partial charge in [-0.05, 0) is 17.7 Å². The number of carbonyl (C=O) groups is 2. The molecule has 0 aliphatic rings. The Labute approximate surface area is 173 Å². The van der Waals surface area contributed by atoms with Gasteiger partial charge in [0, 0.05) is 45.1 Å². The van der Waals surface area contributed by atoms with Crippen LogP contribution in [-0.2, 0) is 27.4 Å². The van der Waals surface area contributed by atoms with Crippen molar-refractivity contribution in [3.05, 3.63) is 72.6 Å². The van der Waals surface area contributed by atoms with E-state index in [1.807, 2.05) is 36.5 Å². The van der Waals surface area contributed by atoms with Crippen molar-refractivity contribution in [3.63, 3.8) is 0 Å². The number of ether oxygens (including phenoxy) is 1. The van der Waals surface area contributed by atoms with Crippen LogP contribution in [0, 0.1) is 0 Å². The first kappa shape index (κ1) is 22.4. The molecule has 1 aromatic carbocycles. The van der Waals surface area contributed by atoms with Crippen LogP contribution in [0.4, 0.5) is 0 Å². The lowest BCUT2D eigenvalue weighted by atomic mass is 10.2. The molecule has 2 rings (SSSR count). The van der Waals surface area contributed by atoms with Gasteiger partial charge in [0.25, 0.3) is 0 Å². The molecule has 0 saturated heterocycles. The van der Waals surface area contributed by atoms with Gasteiger partial charge in [0.15, 0.2) is 0 Å². The van der Waals surface area contributed by atoms with Crippen molar-refractivity contribution in [3.8, 4) is 0 Å². The van der Waals surface area contributed by atoms with Gasteiger partial charge in [-0.25, -0.2) is 0 Å². The summed E-state index contributed by atoms with van der Waals surface area (Å²) in [4.78, 5) is 28.4. The molecule has 0 fully saturated rings. The number of benzene rings is 1. The number of methoxy groups -OCH3 is 1. The molecular weight excluding hydrogens is 366 g/mol. The molecule has 0 bridgehead atoms. The highest BCUT2D eigenvalue weighted by molar-refractivity contribution is 5.84. The molecule has 0 N–H and O–H groups in total. The molecule has 0 radical (unpaired) electrons. The Morgan fingerprint density at radius 2 is 1.86 bits per heavy atom. The van der Waals surface area contributed by atoms with E-state index >= 15 is 0 Å². The van der Waals surface area contributed by atoms with Crippen LogP contribution in [0.5, 0.6) is 0 Å². The fourth-order valence-electron chi connectivity index (χ4n) is 3.11. The monoisotopic (exact) mass is 397 g/mol. The maximum atomic E-state index is 13.0. The van der Waals surface area contributed by atoms with Crippen LogP contribution < -0.4 is 0 Å². The van der Waals surface area contributed by atoms with Crippen LogP contribution in [0.3, 0.4) is 0 Å². The molecule has 0 spiro atoms. The van der Waals surface area contributed by atoms with Crippen LogP contribution in [0.2, 0.25) is 0 Å². The summed E-state index contributed by atoms with van der Waals surface area (Å²) in [6.45, 7) is 8.00. The second-order valence-corrected chi connectivity index (χ2v) is 6.84. The zero-order valence-electron chi connectivity index (χ0n) is 17.4. The van der Waals surface area contributed by atoms with E-state index in [9.17, 15) is 9.59 Å². The standard InChI is InChI=1S/C23H31N3O3/c1-4-13-25(22(27)5-2)19-23(28)26(15-16-29-3)18-21-12-9-14-24(21)17-20-10-7-6-8-11-20/h4,6-12,14H,1,5,13,15-19H2,2-3H3. The van der Waals surface area contributed by atoms with Gasteiger partial charge >= 0.3 is 0 Å². The van der Waals surface area contributed by atoms with Crippen LogP contribution in [0.1, 0.15) is 24.6 Å². The fourth-order valence-corrected chi connectivity index (χ4v) is 3.11. The molecular formula is C23H31N3O3. The van der Waals surface area contributed by atoms with Gasteiger partial charge in [0.2, 0.25) is 11.8 Å². The largest absolute Gasteiger partial charge is 0.383 e. The molecule has 0 saturated carbocycles. The second kappa shape index (κ2) is 11.9. The first-order valence-electron chi connectivity index (χ1n) is 9.92. The van der Waals surface area contributed by atoms with Crippen molar-refractivity contribution < 1.29 is 14.3 Å². The van der Waals surface area contributed by atoms with Gasteiger partial charge in [-0.2, -0.15) is 0 Å². The highest BCUT2D eigenvalue weighted by Crippen LogP contribution is 2.11. The number of hydrogen-bond acceptors (Lipinski definition) is 3. The molecule has 6 nitrogen and oxygen atoms in total. The van der Waals surface area contributed by atoms with Crippen molar-refractivity contribution >= 4 is 11.8 Å². The van der Waals surface area contributed by atoms with Gasteiger partial charge in [-0.15, -0.1) is 6.58 Å².